The molecule has 0 saturated carbocycles. The predicted molar refractivity (Wildman–Crippen MR) is 120 cm³/mol. The van der Waals surface area contributed by atoms with E-state index in [9.17, 15) is 14.9 Å². The highest BCUT2D eigenvalue weighted by atomic mass is 16.6. The summed E-state index contributed by atoms with van der Waals surface area (Å²) in [5.41, 5.74) is 0.0201. The summed E-state index contributed by atoms with van der Waals surface area (Å²) < 4.78 is 5.64. The maximum absolute atomic E-state index is 12.8. The van der Waals surface area contributed by atoms with Gasteiger partial charge in [-0.25, -0.2) is 9.78 Å². The van der Waals surface area contributed by atoms with Crippen molar-refractivity contribution in [2.24, 2.45) is 0 Å². The van der Waals surface area contributed by atoms with Crippen molar-refractivity contribution in [2.75, 3.05) is 23.3 Å². The second-order valence-corrected chi connectivity index (χ2v) is 9.16. The van der Waals surface area contributed by atoms with E-state index in [2.05, 4.69) is 20.2 Å². The van der Waals surface area contributed by atoms with Crippen LogP contribution in [0.3, 0.4) is 0 Å². The van der Waals surface area contributed by atoms with Crippen molar-refractivity contribution in [1.29, 1.82) is 0 Å². The van der Waals surface area contributed by atoms with E-state index < -0.39 is 10.5 Å². The van der Waals surface area contributed by atoms with Gasteiger partial charge in [0.15, 0.2) is 0 Å². The molecule has 0 radical (unpaired) electrons. The number of pyridine rings is 2. The lowest BCUT2D eigenvalue weighted by molar-refractivity contribution is -0.384. The van der Waals surface area contributed by atoms with Gasteiger partial charge < -0.3 is 19.9 Å². The van der Waals surface area contributed by atoms with Crippen molar-refractivity contribution in [1.82, 2.24) is 14.9 Å². The summed E-state index contributed by atoms with van der Waals surface area (Å²) in [5, 5.41) is 14.6. The number of hydrogen-bond acceptors (Lipinski definition) is 8. The van der Waals surface area contributed by atoms with Gasteiger partial charge in [-0.15, -0.1) is 0 Å². The number of ether oxygens (including phenoxy) is 1. The van der Waals surface area contributed by atoms with Crippen molar-refractivity contribution in [3.05, 3.63) is 46.8 Å². The third-order valence-electron chi connectivity index (χ3n) is 5.71. The van der Waals surface area contributed by atoms with Crippen molar-refractivity contribution in [3.63, 3.8) is 0 Å². The average molecular weight is 441 g/mol. The Kier molecular flexibility index (Phi) is 5.86. The van der Waals surface area contributed by atoms with Gasteiger partial charge in [-0.1, -0.05) is 0 Å². The second-order valence-electron chi connectivity index (χ2n) is 9.16. The SMILES string of the molecule is CC(C)(C)OC(=O)N1[C@H]2CC[C@@H]1CN(c1ccc([N+](=O)[O-])c(Nc3ccncc3)n1)CC2. The molecule has 2 saturated heterocycles. The first kappa shape index (κ1) is 21.8. The molecule has 32 heavy (non-hydrogen) atoms. The Morgan fingerprint density at radius 3 is 2.56 bits per heavy atom. The largest absolute Gasteiger partial charge is 0.444 e. The maximum Gasteiger partial charge on any atom is 0.410 e. The molecule has 10 heteroatoms. The van der Waals surface area contributed by atoms with Gasteiger partial charge in [0.05, 0.1) is 11.0 Å². The zero-order valence-corrected chi connectivity index (χ0v) is 18.5. The number of fused-ring (bicyclic) bond motifs is 2. The van der Waals surface area contributed by atoms with Crippen molar-refractivity contribution < 1.29 is 14.5 Å². The summed E-state index contributed by atoms with van der Waals surface area (Å²) in [6.45, 7) is 6.92. The van der Waals surface area contributed by atoms with Gasteiger partial charge in [0.25, 0.3) is 0 Å². The molecule has 2 aromatic heterocycles. The standard InChI is InChI=1S/C22H28N6O4/c1-22(2,3)32-21(29)27-16-4-5-17(27)14-26(13-10-16)19-7-6-18(28(30)31)20(25-19)24-15-8-11-23-12-9-15/h6-9,11-12,16-17H,4-5,10,13-14H2,1-3H3,(H,23,24,25)/t16-,17+/m0/s1. The molecule has 10 nitrogen and oxygen atoms in total. The van der Waals surface area contributed by atoms with E-state index in [0.29, 0.717) is 24.6 Å². The lowest BCUT2D eigenvalue weighted by Gasteiger charge is -2.31. The van der Waals surface area contributed by atoms with Gasteiger partial charge in [-0.2, -0.15) is 0 Å². The molecule has 170 valence electrons. The van der Waals surface area contributed by atoms with Gasteiger partial charge in [-0.3, -0.25) is 15.1 Å². The maximum atomic E-state index is 12.8. The first-order valence-electron chi connectivity index (χ1n) is 10.8. The topological polar surface area (TPSA) is 114 Å². The summed E-state index contributed by atoms with van der Waals surface area (Å²) in [7, 11) is 0. The number of nitrogens with zero attached hydrogens (tertiary/aromatic N) is 5. The minimum Gasteiger partial charge on any atom is -0.444 e. The molecule has 2 bridgehead atoms. The molecule has 2 fully saturated rings. The van der Waals surface area contributed by atoms with E-state index in [1.54, 1.807) is 30.6 Å². The normalized spacial score (nSPS) is 20.6. The Morgan fingerprint density at radius 1 is 1.16 bits per heavy atom. The summed E-state index contributed by atoms with van der Waals surface area (Å²) in [5.74, 6) is 0.820. The molecule has 2 atom stereocenters. The molecule has 1 amide bonds. The van der Waals surface area contributed by atoms with E-state index in [1.807, 2.05) is 25.7 Å². The minimum atomic E-state index is -0.546. The lowest BCUT2D eigenvalue weighted by atomic mass is 10.1. The van der Waals surface area contributed by atoms with Gasteiger partial charge in [0.2, 0.25) is 5.82 Å². The van der Waals surface area contributed by atoms with E-state index in [-0.39, 0.29) is 29.7 Å². The van der Waals surface area contributed by atoms with Crippen LogP contribution in [0.15, 0.2) is 36.7 Å². The van der Waals surface area contributed by atoms with E-state index in [1.165, 1.54) is 6.07 Å². The molecule has 0 aliphatic carbocycles. The van der Waals surface area contributed by atoms with Crippen LogP contribution in [-0.2, 0) is 4.74 Å². The molecular formula is C22H28N6O4. The number of aromatic nitrogens is 2. The summed E-state index contributed by atoms with van der Waals surface area (Å²) in [4.78, 5) is 36.4. The Hall–Kier alpha value is -3.43. The number of hydrogen-bond donors (Lipinski definition) is 1. The number of rotatable bonds is 4. The van der Waals surface area contributed by atoms with E-state index in [4.69, 9.17) is 4.74 Å². The summed E-state index contributed by atoms with van der Waals surface area (Å²) in [6.07, 6.45) is 5.59. The molecule has 0 aromatic carbocycles. The zero-order chi connectivity index (χ0) is 22.9. The highest BCUT2D eigenvalue weighted by Gasteiger charge is 2.42. The van der Waals surface area contributed by atoms with Gasteiger partial charge in [-0.05, 0) is 58.2 Å². The van der Waals surface area contributed by atoms with Crippen LogP contribution in [0, 0.1) is 10.1 Å². The Labute approximate surface area is 186 Å². The molecule has 0 spiro atoms. The smallest absolute Gasteiger partial charge is 0.410 e. The quantitative estimate of drug-likeness (QED) is 0.558. The van der Waals surface area contributed by atoms with Crippen LogP contribution in [0.2, 0.25) is 0 Å². The van der Waals surface area contributed by atoms with Crippen LogP contribution < -0.4 is 10.2 Å². The molecule has 4 heterocycles. The number of nitrogens with one attached hydrogen (secondary N) is 1. The van der Waals surface area contributed by atoms with Crippen LogP contribution in [0.4, 0.5) is 27.8 Å². The molecule has 1 N–H and O–H groups in total. The van der Waals surface area contributed by atoms with Gasteiger partial charge in [0, 0.05) is 43.3 Å². The van der Waals surface area contributed by atoms with Crippen molar-refractivity contribution in [2.45, 2.75) is 57.7 Å². The summed E-state index contributed by atoms with van der Waals surface area (Å²) in [6, 6.07) is 6.75. The monoisotopic (exact) mass is 440 g/mol. The first-order chi connectivity index (χ1) is 15.2. The molecule has 2 aromatic rings. The average Bonchev–Trinajstić information content (AvgIpc) is 3.01. The minimum absolute atomic E-state index is 0.0194. The van der Waals surface area contributed by atoms with Crippen LogP contribution in [0.25, 0.3) is 0 Å². The predicted octanol–water partition coefficient (Wildman–Crippen LogP) is 4.11. The van der Waals surface area contributed by atoms with Gasteiger partial charge >= 0.3 is 11.8 Å². The zero-order valence-electron chi connectivity index (χ0n) is 18.5. The number of carbonyl (C=O) groups is 1. The molecule has 4 rings (SSSR count). The Morgan fingerprint density at radius 2 is 1.88 bits per heavy atom. The number of amides is 1. The highest BCUT2D eigenvalue weighted by Crippen LogP contribution is 2.34. The molecule has 2 aliphatic rings. The van der Waals surface area contributed by atoms with E-state index in [0.717, 1.165) is 19.3 Å². The van der Waals surface area contributed by atoms with Crippen LogP contribution in [0.5, 0.6) is 0 Å². The molecule has 2 aliphatic heterocycles. The van der Waals surface area contributed by atoms with Crippen LogP contribution in [-0.4, -0.2) is 56.7 Å². The molecule has 0 unspecified atom stereocenters. The van der Waals surface area contributed by atoms with Crippen LogP contribution in [0.1, 0.15) is 40.0 Å². The van der Waals surface area contributed by atoms with Crippen molar-refractivity contribution >= 4 is 29.1 Å². The third-order valence-corrected chi connectivity index (χ3v) is 5.71. The number of anilines is 3. The Bertz CT molecular complexity index is 994. The number of nitro groups is 1. The van der Waals surface area contributed by atoms with Crippen molar-refractivity contribution in [3.8, 4) is 0 Å². The third kappa shape index (κ3) is 4.74. The highest BCUT2D eigenvalue weighted by molar-refractivity contribution is 5.70. The van der Waals surface area contributed by atoms with Gasteiger partial charge in [0.1, 0.15) is 11.4 Å². The number of carbonyl (C=O) groups excluding carboxylic acids is 1. The fourth-order valence-corrected chi connectivity index (χ4v) is 4.32. The summed E-state index contributed by atoms with van der Waals surface area (Å²) >= 11 is 0. The second kappa shape index (κ2) is 8.60. The van der Waals surface area contributed by atoms with E-state index >= 15 is 0 Å². The van der Waals surface area contributed by atoms with Crippen LogP contribution >= 0.6 is 0 Å². The fourth-order valence-electron chi connectivity index (χ4n) is 4.32. The molecular weight excluding hydrogens is 412 g/mol. The lowest BCUT2D eigenvalue weighted by Crippen LogP contribution is -2.45. The fraction of sp³-hybridized carbons (Fsp3) is 0.500. The Balaban J connectivity index is 1.57. The first-order valence-corrected chi connectivity index (χ1v) is 10.8.